The van der Waals surface area contributed by atoms with Crippen LogP contribution in [0.25, 0.3) is 0 Å². The average Bonchev–Trinajstić information content (AvgIpc) is 2.87. The standard InChI is InChI=1S/C28H25BrN2O3S/c1-21-11-8-9-18-26(21)28(22-12-4-2-5-13-22)30-27(32)20-31(24-15-10-14-23(29)19-24)35(33,34)25-16-6-3-7-17-25/h2-19,28H,20H2,1H3,(H,30,32)/t28-/m0/s1. The molecule has 35 heavy (non-hydrogen) atoms. The van der Waals surface area contributed by atoms with Crippen molar-refractivity contribution in [3.63, 3.8) is 0 Å². The maximum atomic E-state index is 13.6. The maximum absolute atomic E-state index is 13.6. The minimum atomic E-state index is -3.99. The van der Waals surface area contributed by atoms with Gasteiger partial charge in [0.2, 0.25) is 5.91 Å². The third-order valence-electron chi connectivity index (χ3n) is 5.65. The Bertz CT molecular complexity index is 1410. The molecule has 0 bridgehead atoms. The van der Waals surface area contributed by atoms with Crippen molar-refractivity contribution in [2.45, 2.75) is 17.9 Å². The quantitative estimate of drug-likeness (QED) is 0.300. The van der Waals surface area contributed by atoms with E-state index in [4.69, 9.17) is 0 Å². The van der Waals surface area contributed by atoms with Crippen molar-refractivity contribution in [3.8, 4) is 0 Å². The molecule has 0 fully saturated rings. The van der Waals surface area contributed by atoms with Crippen LogP contribution >= 0.6 is 15.9 Å². The molecule has 0 heterocycles. The van der Waals surface area contributed by atoms with E-state index in [0.29, 0.717) is 10.2 Å². The monoisotopic (exact) mass is 548 g/mol. The van der Waals surface area contributed by atoms with Crippen LogP contribution in [0, 0.1) is 6.92 Å². The molecule has 4 aromatic carbocycles. The molecule has 4 aromatic rings. The number of anilines is 1. The summed E-state index contributed by atoms with van der Waals surface area (Å²) < 4.78 is 29.0. The summed E-state index contributed by atoms with van der Waals surface area (Å²) in [6, 6.07) is 32.1. The van der Waals surface area contributed by atoms with Gasteiger partial charge < -0.3 is 5.32 Å². The highest BCUT2D eigenvalue weighted by atomic mass is 79.9. The first-order valence-corrected chi connectivity index (χ1v) is 13.3. The van der Waals surface area contributed by atoms with E-state index in [1.807, 2.05) is 61.5 Å². The predicted octanol–water partition coefficient (Wildman–Crippen LogP) is 5.86. The van der Waals surface area contributed by atoms with Crippen LogP contribution in [0.5, 0.6) is 0 Å². The van der Waals surface area contributed by atoms with Gasteiger partial charge in [0.1, 0.15) is 6.54 Å². The van der Waals surface area contributed by atoms with Gasteiger partial charge in [-0.05, 0) is 53.9 Å². The predicted molar refractivity (Wildman–Crippen MR) is 143 cm³/mol. The summed E-state index contributed by atoms with van der Waals surface area (Å²) in [5.41, 5.74) is 3.29. The van der Waals surface area contributed by atoms with Crippen LogP contribution in [0.2, 0.25) is 0 Å². The molecular weight excluding hydrogens is 524 g/mol. The molecule has 0 aliphatic rings. The number of halogens is 1. The second-order valence-corrected chi connectivity index (χ2v) is 10.9. The Morgan fingerprint density at radius 2 is 1.49 bits per heavy atom. The third kappa shape index (κ3) is 5.81. The number of rotatable bonds is 8. The van der Waals surface area contributed by atoms with Crippen molar-refractivity contribution < 1.29 is 13.2 Å². The second kappa shape index (κ2) is 10.9. The van der Waals surface area contributed by atoms with Crippen molar-refractivity contribution in [1.29, 1.82) is 0 Å². The summed E-state index contributed by atoms with van der Waals surface area (Å²) in [5, 5.41) is 3.07. The Kier molecular flexibility index (Phi) is 7.68. The lowest BCUT2D eigenvalue weighted by atomic mass is 9.95. The fraction of sp³-hybridized carbons (Fsp3) is 0.107. The van der Waals surface area contributed by atoms with Gasteiger partial charge in [0.25, 0.3) is 10.0 Å². The number of nitrogens with one attached hydrogen (secondary N) is 1. The van der Waals surface area contributed by atoms with E-state index in [1.54, 1.807) is 42.5 Å². The molecule has 0 radical (unpaired) electrons. The highest BCUT2D eigenvalue weighted by Crippen LogP contribution is 2.28. The normalized spacial score (nSPS) is 12.1. The molecule has 0 saturated heterocycles. The van der Waals surface area contributed by atoms with Gasteiger partial charge in [0.05, 0.1) is 16.6 Å². The number of nitrogens with zero attached hydrogens (tertiary/aromatic N) is 1. The summed E-state index contributed by atoms with van der Waals surface area (Å²) in [7, 11) is -3.99. The van der Waals surface area contributed by atoms with E-state index in [2.05, 4.69) is 21.2 Å². The fourth-order valence-electron chi connectivity index (χ4n) is 3.90. The van der Waals surface area contributed by atoms with Crippen LogP contribution in [-0.4, -0.2) is 20.9 Å². The van der Waals surface area contributed by atoms with Gasteiger partial charge in [-0.1, -0.05) is 94.8 Å². The second-order valence-electron chi connectivity index (χ2n) is 8.07. The average molecular weight is 549 g/mol. The summed E-state index contributed by atoms with van der Waals surface area (Å²) in [5.74, 6) is -0.415. The molecular formula is C28H25BrN2O3S. The largest absolute Gasteiger partial charge is 0.344 e. The molecule has 5 nitrogen and oxygen atoms in total. The van der Waals surface area contributed by atoms with Crippen LogP contribution in [0.1, 0.15) is 22.7 Å². The number of sulfonamides is 1. The van der Waals surface area contributed by atoms with E-state index in [9.17, 15) is 13.2 Å². The zero-order valence-corrected chi connectivity index (χ0v) is 21.5. The van der Waals surface area contributed by atoms with E-state index in [1.165, 1.54) is 12.1 Å². The van der Waals surface area contributed by atoms with Gasteiger partial charge in [0, 0.05) is 4.47 Å². The molecule has 1 N–H and O–H groups in total. The Labute approximate surface area is 214 Å². The molecule has 1 amide bonds. The van der Waals surface area contributed by atoms with Crippen LogP contribution in [-0.2, 0) is 14.8 Å². The molecule has 1 atom stereocenters. The van der Waals surface area contributed by atoms with E-state index in [0.717, 1.165) is 21.0 Å². The molecule has 0 aromatic heterocycles. The molecule has 178 valence electrons. The Morgan fingerprint density at radius 3 is 2.14 bits per heavy atom. The van der Waals surface area contributed by atoms with Crippen LogP contribution < -0.4 is 9.62 Å². The lowest BCUT2D eigenvalue weighted by molar-refractivity contribution is -0.120. The van der Waals surface area contributed by atoms with Crippen LogP contribution in [0.3, 0.4) is 0 Å². The van der Waals surface area contributed by atoms with E-state index < -0.39 is 22.0 Å². The minimum absolute atomic E-state index is 0.117. The van der Waals surface area contributed by atoms with Crippen molar-refractivity contribution in [2.75, 3.05) is 10.8 Å². The topological polar surface area (TPSA) is 66.5 Å². The van der Waals surface area contributed by atoms with E-state index >= 15 is 0 Å². The Hall–Kier alpha value is -3.42. The van der Waals surface area contributed by atoms with Gasteiger partial charge in [-0.25, -0.2) is 8.42 Å². The van der Waals surface area contributed by atoms with Gasteiger partial charge in [-0.3, -0.25) is 9.10 Å². The number of aryl methyl sites for hydroxylation is 1. The number of amides is 1. The number of hydrogen-bond acceptors (Lipinski definition) is 3. The molecule has 0 aliphatic carbocycles. The zero-order valence-electron chi connectivity index (χ0n) is 19.1. The van der Waals surface area contributed by atoms with Gasteiger partial charge in [-0.2, -0.15) is 0 Å². The van der Waals surface area contributed by atoms with Crippen LogP contribution in [0.15, 0.2) is 119 Å². The summed E-state index contributed by atoms with van der Waals surface area (Å²) >= 11 is 3.41. The van der Waals surface area contributed by atoms with Crippen LogP contribution in [0.4, 0.5) is 5.69 Å². The highest BCUT2D eigenvalue weighted by molar-refractivity contribution is 9.10. The molecule has 0 spiro atoms. The molecule has 0 aliphatic heterocycles. The van der Waals surface area contributed by atoms with Crippen molar-refractivity contribution >= 4 is 37.5 Å². The number of hydrogen-bond donors (Lipinski definition) is 1. The van der Waals surface area contributed by atoms with Gasteiger partial charge >= 0.3 is 0 Å². The molecule has 7 heteroatoms. The molecule has 0 unspecified atom stereocenters. The maximum Gasteiger partial charge on any atom is 0.264 e. The lowest BCUT2D eigenvalue weighted by Gasteiger charge is -2.27. The summed E-state index contributed by atoms with van der Waals surface area (Å²) in [6.45, 7) is 1.62. The molecule has 4 rings (SSSR count). The number of benzene rings is 4. The van der Waals surface area contributed by atoms with Gasteiger partial charge in [0.15, 0.2) is 0 Å². The fourth-order valence-corrected chi connectivity index (χ4v) is 5.72. The highest BCUT2D eigenvalue weighted by Gasteiger charge is 2.28. The summed E-state index contributed by atoms with van der Waals surface area (Å²) in [4.78, 5) is 13.5. The first kappa shape index (κ1) is 24.7. The minimum Gasteiger partial charge on any atom is -0.344 e. The SMILES string of the molecule is Cc1ccccc1[C@@H](NC(=O)CN(c1cccc(Br)c1)S(=O)(=O)c1ccccc1)c1ccccc1. The number of carbonyl (C=O) groups excluding carboxylic acids is 1. The Balaban J connectivity index is 1.70. The summed E-state index contributed by atoms with van der Waals surface area (Å²) in [6.07, 6.45) is 0. The first-order valence-electron chi connectivity index (χ1n) is 11.1. The van der Waals surface area contributed by atoms with Crippen molar-refractivity contribution in [3.05, 3.63) is 130 Å². The molecule has 0 saturated carbocycles. The third-order valence-corrected chi connectivity index (χ3v) is 7.93. The zero-order chi connectivity index (χ0) is 24.8. The van der Waals surface area contributed by atoms with Crippen molar-refractivity contribution in [2.24, 2.45) is 0 Å². The Morgan fingerprint density at radius 1 is 0.857 bits per heavy atom. The van der Waals surface area contributed by atoms with E-state index in [-0.39, 0.29) is 11.4 Å². The smallest absolute Gasteiger partial charge is 0.264 e. The van der Waals surface area contributed by atoms with Gasteiger partial charge in [-0.15, -0.1) is 0 Å². The number of carbonyl (C=O) groups is 1. The first-order chi connectivity index (χ1) is 16.9. The lowest BCUT2D eigenvalue weighted by Crippen LogP contribution is -2.42. The van der Waals surface area contributed by atoms with Crippen molar-refractivity contribution in [1.82, 2.24) is 5.32 Å².